The lowest BCUT2D eigenvalue weighted by molar-refractivity contribution is 0.0938. The highest BCUT2D eigenvalue weighted by Gasteiger charge is 2.26. The van der Waals surface area contributed by atoms with Crippen molar-refractivity contribution in [2.75, 3.05) is 13.1 Å². The molecule has 2 N–H and O–H groups in total. The lowest BCUT2D eigenvalue weighted by Crippen LogP contribution is -2.26. The predicted octanol–water partition coefficient (Wildman–Crippen LogP) is 0.634. The zero-order chi connectivity index (χ0) is 11.7. The van der Waals surface area contributed by atoms with Crippen LogP contribution in [-0.4, -0.2) is 29.1 Å². The molecule has 1 unspecified atom stereocenters. The van der Waals surface area contributed by atoms with Crippen molar-refractivity contribution in [3.63, 3.8) is 0 Å². The summed E-state index contributed by atoms with van der Waals surface area (Å²) in [5, 5.41) is 9.80. The number of rotatable bonds is 4. The smallest absolute Gasteiger partial charge is 0.292 e. The number of hydrogen-bond acceptors (Lipinski definition) is 5. The molecule has 1 aliphatic carbocycles. The summed E-state index contributed by atoms with van der Waals surface area (Å²) in [6.45, 7) is 1.70. The lowest BCUT2D eigenvalue weighted by Gasteiger charge is -2.01. The molecule has 1 saturated carbocycles. The molecular weight excluding hydrogens is 220 g/mol. The molecule has 0 bridgehead atoms. The quantitative estimate of drug-likeness (QED) is 0.801. The molecule has 6 heteroatoms. The average molecular weight is 236 g/mol. The van der Waals surface area contributed by atoms with Gasteiger partial charge >= 0.3 is 0 Å². The average Bonchev–Trinajstić information content (AvgIpc) is 2.85. The number of carbonyl (C=O) groups is 1. The van der Waals surface area contributed by atoms with Crippen LogP contribution in [0.1, 0.15) is 48.2 Å². The van der Waals surface area contributed by atoms with E-state index in [4.69, 9.17) is 4.52 Å². The summed E-state index contributed by atoms with van der Waals surface area (Å²) in [6.07, 6.45) is 4.52. The normalized spacial score (nSPS) is 23.9. The van der Waals surface area contributed by atoms with Crippen LogP contribution in [0.15, 0.2) is 4.52 Å². The molecule has 1 atom stereocenters. The van der Waals surface area contributed by atoms with E-state index >= 15 is 0 Å². The molecule has 17 heavy (non-hydrogen) atoms. The van der Waals surface area contributed by atoms with Gasteiger partial charge in [0.05, 0.1) is 6.04 Å². The maximum absolute atomic E-state index is 11.7. The first kappa shape index (κ1) is 10.7. The summed E-state index contributed by atoms with van der Waals surface area (Å²) in [5.41, 5.74) is 0. The fraction of sp³-hybridized carbons (Fsp3) is 0.727. The van der Waals surface area contributed by atoms with Gasteiger partial charge in [0.15, 0.2) is 0 Å². The maximum atomic E-state index is 11.7. The second-order valence-corrected chi connectivity index (χ2v) is 4.76. The number of nitrogens with zero attached hydrogens (tertiary/aromatic N) is 2. The Balaban J connectivity index is 1.60. The third-order valence-corrected chi connectivity index (χ3v) is 3.25. The minimum atomic E-state index is -0.232. The van der Waals surface area contributed by atoms with E-state index in [-0.39, 0.29) is 17.8 Å². The summed E-state index contributed by atoms with van der Waals surface area (Å²) in [5.74, 6) is 1.10. The van der Waals surface area contributed by atoms with Gasteiger partial charge in [-0.2, -0.15) is 4.98 Å². The molecule has 0 spiro atoms. The molecule has 2 heterocycles. The molecule has 6 nitrogen and oxygen atoms in total. The first-order valence-corrected chi connectivity index (χ1v) is 6.18. The molecule has 0 radical (unpaired) electrons. The van der Waals surface area contributed by atoms with Crippen LogP contribution in [0.5, 0.6) is 0 Å². The number of amides is 1. The van der Waals surface area contributed by atoms with Crippen molar-refractivity contribution >= 4 is 5.91 Å². The number of nitrogens with one attached hydrogen (secondary N) is 2. The van der Waals surface area contributed by atoms with E-state index in [2.05, 4.69) is 20.8 Å². The minimum Gasteiger partial charge on any atom is -0.349 e. The monoisotopic (exact) mass is 236 g/mol. The Bertz CT molecular complexity index is 407. The van der Waals surface area contributed by atoms with Crippen LogP contribution in [0.2, 0.25) is 0 Å². The summed E-state index contributed by atoms with van der Waals surface area (Å²) in [4.78, 5) is 15.8. The SMILES string of the molecule is O=C(NCC1CC1)c1noc(C2CCCN2)n1. The molecule has 3 rings (SSSR count). The van der Waals surface area contributed by atoms with Crippen LogP contribution >= 0.6 is 0 Å². The van der Waals surface area contributed by atoms with Gasteiger partial charge < -0.3 is 15.2 Å². The van der Waals surface area contributed by atoms with Crippen molar-refractivity contribution in [2.45, 2.75) is 31.7 Å². The van der Waals surface area contributed by atoms with Crippen LogP contribution < -0.4 is 10.6 Å². The van der Waals surface area contributed by atoms with Crippen molar-refractivity contribution in [3.05, 3.63) is 11.7 Å². The molecule has 1 aliphatic heterocycles. The van der Waals surface area contributed by atoms with E-state index in [1.54, 1.807) is 0 Å². The van der Waals surface area contributed by atoms with Gasteiger partial charge in [-0.1, -0.05) is 5.16 Å². The van der Waals surface area contributed by atoms with E-state index in [1.807, 2.05) is 0 Å². The molecule has 1 amide bonds. The van der Waals surface area contributed by atoms with E-state index in [0.717, 1.165) is 25.9 Å². The topological polar surface area (TPSA) is 80.0 Å². The zero-order valence-electron chi connectivity index (χ0n) is 9.61. The number of aromatic nitrogens is 2. The van der Waals surface area contributed by atoms with Crippen molar-refractivity contribution in [2.24, 2.45) is 5.92 Å². The standard InChI is InChI=1S/C11H16N4O2/c16-10(13-6-7-3-4-7)9-14-11(17-15-9)8-2-1-5-12-8/h7-8,12H,1-6H2,(H,13,16). The van der Waals surface area contributed by atoms with Gasteiger partial charge in [0.2, 0.25) is 5.89 Å². The van der Waals surface area contributed by atoms with Gasteiger partial charge in [0, 0.05) is 6.54 Å². The minimum absolute atomic E-state index is 0.118. The first-order chi connectivity index (χ1) is 8.33. The Kier molecular flexibility index (Phi) is 2.80. The van der Waals surface area contributed by atoms with Crippen molar-refractivity contribution < 1.29 is 9.32 Å². The number of hydrogen-bond donors (Lipinski definition) is 2. The Morgan fingerprint density at radius 1 is 1.47 bits per heavy atom. The maximum Gasteiger partial charge on any atom is 0.292 e. The van der Waals surface area contributed by atoms with E-state index in [9.17, 15) is 4.79 Å². The van der Waals surface area contributed by atoms with Gasteiger partial charge in [-0.25, -0.2) is 0 Å². The molecule has 2 fully saturated rings. The van der Waals surface area contributed by atoms with E-state index in [1.165, 1.54) is 12.8 Å². The van der Waals surface area contributed by atoms with Gasteiger partial charge in [-0.3, -0.25) is 4.79 Å². The van der Waals surface area contributed by atoms with Crippen LogP contribution in [-0.2, 0) is 0 Å². The summed E-state index contributed by atoms with van der Waals surface area (Å²) < 4.78 is 5.11. The molecule has 1 aromatic heterocycles. The van der Waals surface area contributed by atoms with Crippen molar-refractivity contribution in [3.8, 4) is 0 Å². The highest BCUT2D eigenvalue weighted by atomic mass is 16.5. The molecule has 0 aromatic carbocycles. The van der Waals surface area contributed by atoms with Gasteiger partial charge in [-0.05, 0) is 38.1 Å². The van der Waals surface area contributed by atoms with Gasteiger partial charge in [0.1, 0.15) is 0 Å². The van der Waals surface area contributed by atoms with Crippen molar-refractivity contribution in [1.82, 2.24) is 20.8 Å². The highest BCUT2D eigenvalue weighted by Crippen LogP contribution is 2.27. The Hall–Kier alpha value is -1.43. The van der Waals surface area contributed by atoms with E-state index < -0.39 is 0 Å². The Labute approximate surface area is 99.2 Å². The predicted molar refractivity (Wildman–Crippen MR) is 59.3 cm³/mol. The zero-order valence-corrected chi connectivity index (χ0v) is 9.61. The molecule has 1 saturated heterocycles. The highest BCUT2D eigenvalue weighted by molar-refractivity contribution is 5.90. The van der Waals surface area contributed by atoms with Gasteiger partial charge in [0.25, 0.3) is 11.7 Å². The molecular formula is C11H16N4O2. The second-order valence-electron chi connectivity index (χ2n) is 4.76. The fourth-order valence-electron chi connectivity index (χ4n) is 2.00. The molecule has 92 valence electrons. The third kappa shape index (κ3) is 2.46. The van der Waals surface area contributed by atoms with Crippen molar-refractivity contribution in [1.29, 1.82) is 0 Å². The summed E-state index contributed by atoms with van der Waals surface area (Å²) in [7, 11) is 0. The summed E-state index contributed by atoms with van der Waals surface area (Å²) >= 11 is 0. The second kappa shape index (κ2) is 4.44. The van der Waals surface area contributed by atoms with Crippen LogP contribution in [0.3, 0.4) is 0 Å². The van der Waals surface area contributed by atoms with Crippen LogP contribution in [0.25, 0.3) is 0 Å². The Morgan fingerprint density at radius 3 is 3.06 bits per heavy atom. The largest absolute Gasteiger partial charge is 0.349 e. The first-order valence-electron chi connectivity index (χ1n) is 6.18. The van der Waals surface area contributed by atoms with Crippen LogP contribution in [0, 0.1) is 5.92 Å². The molecule has 2 aliphatic rings. The van der Waals surface area contributed by atoms with Gasteiger partial charge in [-0.15, -0.1) is 0 Å². The number of carbonyl (C=O) groups excluding carboxylic acids is 1. The van der Waals surface area contributed by atoms with Crippen LogP contribution in [0.4, 0.5) is 0 Å². The molecule has 1 aromatic rings. The Morgan fingerprint density at radius 2 is 2.35 bits per heavy atom. The fourth-order valence-corrected chi connectivity index (χ4v) is 2.00. The lowest BCUT2D eigenvalue weighted by atomic mass is 10.2. The third-order valence-electron chi connectivity index (χ3n) is 3.25. The van der Waals surface area contributed by atoms with E-state index in [0.29, 0.717) is 11.8 Å². The summed E-state index contributed by atoms with van der Waals surface area (Å²) in [6, 6.07) is 0.118.